The molecule has 2 aromatic rings. The number of carbonyl (C=O) groups is 3. The zero-order valence-electron chi connectivity index (χ0n) is 13.6. The summed E-state index contributed by atoms with van der Waals surface area (Å²) in [5.74, 6) is -1.26. The van der Waals surface area contributed by atoms with E-state index in [0.717, 1.165) is 0 Å². The molecule has 1 fully saturated rings. The van der Waals surface area contributed by atoms with Gasteiger partial charge in [0.2, 0.25) is 5.91 Å². The van der Waals surface area contributed by atoms with Crippen molar-refractivity contribution in [3.05, 3.63) is 41.2 Å². The summed E-state index contributed by atoms with van der Waals surface area (Å²) in [6, 6.07) is 7.02. The van der Waals surface area contributed by atoms with Crippen LogP contribution in [0.3, 0.4) is 0 Å². The maximum Gasteiger partial charge on any atom is 0.311 e. The lowest BCUT2D eigenvalue weighted by atomic mass is 10.1. The monoisotopic (exact) mass is 373 g/mol. The Labute approximate surface area is 153 Å². The lowest BCUT2D eigenvalue weighted by molar-refractivity contribution is -0.151. The van der Waals surface area contributed by atoms with Gasteiger partial charge in [0.05, 0.1) is 24.3 Å². The Morgan fingerprint density at radius 1 is 1.46 bits per heavy atom. The minimum Gasteiger partial charge on any atom is -0.467 e. The second-order valence-corrected chi connectivity index (χ2v) is 6.60. The summed E-state index contributed by atoms with van der Waals surface area (Å²) in [5, 5.41) is 13.5. The Bertz CT molecular complexity index is 852. The van der Waals surface area contributed by atoms with Gasteiger partial charge in [0.25, 0.3) is 5.91 Å². The first-order valence-electron chi connectivity index (χ1n) is 7.81. The van der Waals surface area contributed by atoms with Crippen LogP contribution < -0.4 is 5.32 Å². The number of hydrogen-bond donors (Lipinski definition) is 1. The number of rotatable bonds is 6. The highest BCUT2D eigenvalue weighted by Crippen LogP contribution is 2.23. The van der Waals surface area contributed by atoms with Gasteiger partial charge < -0.3 is 19.4 Å². The zero-order valence-corrected chi connectivity index (χ0v) is 14.5. The van der Waals surface area contributed by atoms with Gasteiger partial charge in [-0.15, -0.1) is 11.3 Å². The smallest absolute Gasteiger partial charge is 0.311 e. The Balaban J connectivity index is 1.47. The molecule has 0 spiro atoms. The molecule has 1 N–H and O–H groups in total. The summed E-state index contributed by atoms with van der Waals surface area (Å²) in [5.41, 5.74) is 0.352. The molecule has 1 aliphatic heterocycles. The molecule has 9 heteroatoms. The molecule has 0 aromatic carbocycles. The second-order valence-electron chi connectivity index (χ2n) is 5.69. The summed E-state index contributed by atoms with van der Waals surface area (Å²) < 4.78 is 10.2. The lowest BCUT2D eigenvalue weighted by Crippen LogP contribution is -2.28. The Morgan fingerprint density at radius 2 is 2.31 bits per heavy atom. The second kappa shape index (κ2) is 7.84. The van der Waals surface area contributed by atoms with Crippen molar-refractivity contribution in [1.29, 1.82) is 5.26 Å². The molecule has 1 atom stereocenters. The third-order valence-electron chi connectivity index (χ3n) is 3.86. The normalized spacial score (nSPS) is 16.3. The summed E-state index contributed by atoms with van der Waals surface area (Å²) in [7, 11) is 0. The topological polar surface area (TPSA) is 113 Å². The molecule has 0 unspecified atom stereocenters. The van der Waals surface area contributed by atoms with Crippen LogP contribution in [0.1, 0.15) is 17.7 Å². The number of nitriles is 1. The minimum absolute atomic E-state index is 0.0463. The molecular formula is C17H15N3O5S. The van der Waals surface area contributed by atoms with E-state index in [-0.39, 0.29) is 18.9 Å². The van der Waals surface area contributed by atoms with E-state index >= 15 is 0 Å². The van der Waals surface area contributed by atoms with Crippen molar-refractivity contribution in [3.8, 4) is 6.07 Å². The van der Waals surface area contributed by atoms with Gasteiger partial charge in [0.15, 0.2) is 6.61 Å². The van der Waals surface area contributed by atoms with Crippen LogP contribution in [0.25, 0.3) is 0 Å². The fourth-order valence-corrected chi connectivity index (χ4v) is 3.34. The molecule has 0 radical (unpaired) electrons. The highest BCUT2D eigenvalue weighted by atomic mass is 32.1. The van der Waals surface area contributed by atoms with Gasteiger partial charge >= 0.3 is 5.97 Å². The van der Waals surface area contributed by atoms with Gasteiger partial charge in [-0.05, 0) is 23.6 Å². The quantitative estimate of drug-likeness (QED) is 0.772. The summed E-state index contributed by atoms with van der Waals surface area (Å²) in [6.07, 6.45) is 1.57. The standard InChI is InChI=1S/C17H15N3O5S/c18-7-11-3-5-26-16(11)19-14(21)10-25-17(23)12-6-15(22)20(8-12)9-13-2-1-4-24-13/h1-5,12H,6,8-10H2,(H,19,21)/t12-/m1/s1. The highest BCUT2D eigenvalue weighted by Gasteiger charge is 2.35. The van der Waals surface area contributed by atoms with Crippen LogP contribution in [0.4, 0.5) is 5.00 Å². The number of amides is 2. The van der Waals surface area contributed by atoms with Crippen molar-refractivity contribution in [3.63, 3.8) is 0 Å². The van der Waals surface area contributed by atoms with E-state index in [2.05, 4.69) is 5.32 Å². The maximum atomic E-state index is 12.1. The first kappa shape index (κ1) is 17.7. The molecule has 3 rings (SSSR count). The summed E-state index contributed by atoms with van der Waals surface area (Å²) in [4.78, 5) is 37.5. The number of carbonyl (C=O) groups excluding carboxylic acids is 3. The Morgan fingerprint density at radius 3 is 3.04 bits per heavy atom. The summed E-state index contributed by atoms with van der Waals surface area (Å²) >= 11 is 1.21. The fourth-order valence-electron chi connectivity index (χ4n) is 2.58. The first-order valence-corrected chi connectivity index (χ1v) is 8.69. The van der Waals surface area contributed by atoms with E-state index in [4.69, 9.17) is 14.4 Å². The summed E-state index contributed by atoms with van der Waals surface area (Å²) in [6.45, 7) is 0.0549. The van der Waals surface area contributed by atoms with Gasteiger partial charge in [-0.1, -0.05) is 0 Å². The molecule has 0 saturated carbocycles. The molecule has 134 valence electrons. The highest BCUT2D eigenvalue weighted by molar-refractivity contribution is 7.14. The van der Waals surface area contributed by atoms with Crippen LogP contribution in [-0.2, 0) is 25.7 Å². The molecule has 1 saturated heterocycles. The largest absolute Gasteiger partial charge is 0.467 e. The maximum absolute atomic E-state index is 12.1. The van der Waals surface area contributed by atoms with Crippen LogP contribution in [-0.4, -0.2) is 35.8 Å². The van der Waals surface area contributed by atoms with Gasteiger partial charge in [0, 0.05) is 13.0 Å². The van der Waals surface area contributed by atoms with E-state index in [1.807, 2.05) is 6.07 Å². The number of nitrogens with zero attached hydrogens (tertiary/aromatic N) is 2. The first-order chi connectivity index (χ1) is 12.6. The molecule has 0 aliphatic carbocycles. The Kier molecular flexibility index (Phi) is 5.34. The van der Waals surface area contributed by atoms with Crippen LogP contribution in [0.15, 0.2) is 34.3 Å². The van der Waals surface area contributed by atoms with Crippen LogP contribution in [0.2, 0.25) is 0 Å². The number of likely N-dealkylation sites (tertiary alicyclic amines) is 1. The number of hydrogen-bond acceptors (Lipinski definition) is 7. The number of ether oxygens (including phenoxy) is 1. The number of anilines is 1. The SMILES string of the molecule is N#Cc1ccsc1NC(=O)COC(=O)[C@@H]1CC(=O)N(Cc2ccco2)C1. The van der Waals surface area contributed by atoms with E-state index in [1.165, 1.54) is 22.5 Å². The van der Waals surface area contributed by atoms with Crippen molar-refractivity contribution in [2.45, 2.75) is 13.0 Å². The van der Waals surface area contributed by atoms with Crippen LogP contribution in [0.5, 0.6) is 0 Å². The molecule has 1 aliphatic rings. The third-order valence-corrected chi connectivity index (χ3v) is 4.69. The average molecular weight is 373 g/mol. The molecule has 26 heavy (non-hydrogen) atoms. The van der Waals surface area contributed by atoms with E-state index < -0.39 is 24.4 Å². The van der Waals surface area contributed by atoms with Gasteiger partial charge in [0.1, 0.15) is 16.8 Å². The fraction of sp³-hybridized carbons (Fsp3) is 0.294. The number of nitrogens with one attached hydrogen (secondary N) is 1. The number of thiophene rings is 1. The average Bonchev–Trinajstić information content (AvgIpc) is 3.35. The molecule has 2 amide bonds. The van der Waals surface area contributed by atoms with E-state index in [9.17, 15) is 14.4 Å². The number of esters is 1. The third kappa shape index (κ3) is 4.10. The van der Waals surface area contributed by atoms with Gasteiger partial charge in [-0.25, -0.2) is 0 Å². The zero-order chi connectivity index (χ0) is 18.5. The molecule has 0 bridgehead atoms. The van der Waals surface area contributed by atoms with Gasteiger partial charge in [-0.2, -0.15) is 5.26 Å². The van der Waals surface area contributed by atoms with Crippen molar-refractivity contribution < 1.29 is 23.5 Å². The number of furan rings is 1. The molecule has 2 aromatic heterocycles. The molecular weight excluding hydrogens is 358 g/mol. The molecule has 3 heterocycles. The predicted molar refractivity (Wildman–Crippen MR) is 90.9 cm³/mol. The Hall–Kier alpha value is -3.12. The van der Waals surface area contributed by atoms with Crippen molar-refractivity contribution in [2.75, 3.05) is 18.5 Å². The predicted octanol–water partition coefficient (Wildman–Crippen LogP) is 1.74. The van der Waals surface area contributed by atoms with E-state index in [1.54, 1.807) is 23.6 Å². The van der Waals surface area contributed by atoms with Crippen molar-refractivity contribution in [2.24, 2.45) is 5.92 Å². The van der Waals surface area contributed by atoms with Crippen LogP contribution >= 0.6 is 11.3 Å². The van der Waals surface area contributed by atoms with Crippen molar-refractivity contribution >= 4 is 34.1 Å². The molecule has 8 nitrogen and oxygen atoms in total. The van der Waals surface area contributed by atoms with Crippen molar-refractivity contribution in [1.82, 2.24) is 4.90 Å². The lowest BCUT2D eigenvalue weighted by Gasteiger charge is -2.14. The van der Waals surface area contributed by atoms with E-state index in [0.29, 0.717) is 22.9 Å². The minimum atomic E-state index is -0.610. The van der Waals surface area contributed by atoms with Crippen LogP contribution in [0, 0.1) is 17.2 Å². The van der Waals surface area contributed by atoms with Gasteiger partial charge in [-0.3, -0.25) is 14.4 Å².